The van der Waals surface area contributed by atoms with Crippen LogP contribution in [-0.2, 0) is 5.41 Å². The Hall–Kier alpha value is -0.980. The Balaban J connectivity index is 3.44. The fraction of sp³-hybridized carbons (Fsp3) is 0.647. The zero-order chi connectivity index (χ0) is 14.1. The summed E-state index contributed by atoms with van der Waals surface area (Å²) in [6.45, 7) is 15.3. The van der Waals surface area contributed by atoms with E-state index >= 15 is 0 Å². The highest BCUT2D eigenvalue weighted by Gasteiger charge is 2.32. The van der Waals surface area contributed by atoms with E-state index in [1.165, 1.54) is 5.56 Å². The molecule has 0 aromatic heterocycles. The zero-order valence-electron chi connectivity index (χ0n) is 13.0. The lowest BCUT2D eigenvalue weighted by atomic mass is 9.70. The number of rotatable bonds is 4. The molecule has 1 aromatic carbocycles. The van der Waals surface area contributed by atoms with Crippen LogP contribution in [0.1, 0.15) is 70.6 Å². The lowest BCUT2D eigenvalue weighted by Crippen LogP contribution is -2.27. The van der Waals surface area contributed by atoms with E-state index in [2.05, 4.69) is 60.6 Å². The lowest BCUT2D eigenvalue weighted by Gasteiger charge is -2.34. The monoisotopic (exact) mass is 248 g/mol. The van der Waals surface area contributed by atoms with E-state index in [-0.39, 0.29) is 5.41 Å². The van der Waals surface area contributed by atoms with Gasteiger partial charge in [0.2, 0.25) is 0 Å². The van der Waals surface area contributed by atoms with Crippen molar-refractivity contribution in [3.63, 3.8) is 0 Å². The summed E-state index contributed by atoms with van der Waals surface area (Å²) in [5, 5.41) is 10.6. The molecule has 0 spiro atoms. The highest BCUT2D eigenvalue weighted by atomic mass is 16.3. The topological polar surface area (TPSA) is 20.2 Å². The Morgan fingerprint density at radius 3 is 2.17 bits per heavy atom. The van der Waals surface area contributed by atoms with Crippen LogP contribution >= 0.6 is 0 Å². The molecule has 0 aliphatic heterocycles. The van der Waals surface area contributed by atoms with Crippen LogP contribution in [0, 0.1) is 12.8 Å². The van der Waals surface area contributed by atoms with Crippen molar-refractivity contribution in [1.29, 1.82) is 0 Å². The van der Waals surface area contributed by atoms with E-state index in [4.69, 9.17) is 0 Å². The molecule has 1 heteroatoms. The minimum Gasteiger partial charge on any atom is -0.507 e. The van der Waals surface area contributed by atoms with Gasteiger partial charge in [-0.15, -0.1) is 0 Å². The van der Waals surface area contributed by atoms with Crippen molar-refractivity contribution in [1.82, 2.24) is 0 Å². The highest BCUT2D eigenvalue weighted by molar-refractivity contribution is 5.50. The molecule has 1 N–H and O–H groups in total. The average molecular weight is 248 g/mol. The van der Waals surface area contributed by atoms with Crippen molar-refractivity contribution < 1.29 is 5.11 Å². The van der Waals surface area contributed by atoms with Crippen LogP contribution in [0.2, 0.25) is 0 Å². The van der Waals surface area contributed by atoms with Gasteiger partial charge in [0.25, 0.3) is 0 Å². The lowest BCUT2D eigenvalue weighted by molar-refractivity contribution is 0.318. The van der Waals surface area contributed by atoms with Crippen LogP contribution in [0.5, 0.6) is 5.75 Å². The van der Waals surface area contributed by atoms with E-state index < -0.39 is 0 Å². The second-order valence-electron chi connectivity index (χ2n) is 6.38. The first kappa shape index (κ1) is 15.1. The quantitative estimate of drug-likeness (QED) is 0.781. The average Bonchev–Trinajstić information content (AvgIpc) is 2.26. The van der Waals surface area contributed by atoms with Gasteiger partial charge in [-0.3, -0.25) is 0 Å². The van der Waals surface area contributed by atoms with Gasteiger partial charge in [-0.2, -0.15) is 0 Å². The highest BCUT2D eigenvalue weighted by Crippen LogP contribution is 2.43. The normalized spacial score (nSPS) is 14.0. The number of hydrogen-bond donors (Lipinski definition) is 1. The molecular weight excluding hydrogens is 220 g/mol. The summed E-state index contributed by atoms with van der Waals surface area (Å²) in [4.78, 5) is 0. The molecule has 0 amide bonds. The number of aromatic hydroxyl groups is 1. The molecule has 0 fully saturated rings. The molecule has 1 aromatic rings. The largest absolute Gasteiger partial charge is 0.507 e. The predicted molar refractivity (Wildman–Crippen MR) is 79.4 cm³/mol. The van der Waals surface area contributed by atoms with E-state index in [0.29, 0.717) is 17.6 Å². The first-order chi connectivity index (χ1) is 8.23. The fourth-order valence-corrected chi connectivity index (χ4v) is 2.74. The summed E-state index contributed by atoms with van der Waals surface area (Å²) in [6, 6.07) is 4.21. The predicted octanol–water partition coefficient (Wildman–Crippen LogP) is 5.15. The van der Waals surface area contributed by atoms with Gasteiger partial charge in [-0.1, -0.05) is 60.1 Å². The van der Waals surface area contributed by atoms with Crippen LogP contribution in [0.4, 0.5) is 0 Å². The number of benzene rings is 1. The molecule has 0 saturated heterocycles. The van der Waals surface area contributed by atoms with Gasteiger partial charge < -0.3 is 5.11 Å². The van der Waals surface area contributed by atoms with Gasteiger partial charge in [0.15, 0.2) is 0 Å². The maximum Gasteiger partial charge on any atom is 0.123 e. The van der Waals surface area contributed by atoms with E-state index in [9.17, 15) is 5.11 Å². The van der Waals surface area contributed by atoms with Crippen molar-refractivity contribution in [2.45, 2.75) is 66.2 Å². The second kappa shape index (κ2) is 5.34. The number of phenols is 1. The first-order valence-corrected chi connectivity index (χ1v) is 7.06. The maximum atomic E-state index is 10.6. The minimum atomic E-state index is 0.00775. The third kappa shape index (κ3) is 2.55. The Labute approximate surface area is 112 Å². The van der Waals surface area contributed by atoms with Gasteiger partial charge in [-0.05, 0) is 35.3 Å². The minimum absolute atomic E-state index is 0.00775. The number of aryl methyl sites for hydroxylation is 1. The van der Waals surface area contributed by atoms with Crippen LogP contribution in [0.3, 0.4) is 0 Å². The number of phenolic OH excluding ortho intramolecular Hbond substituents is 1. The Morgan fingerprint density at radius 2 is 1.72 bits per heavy atom. The molecule has 0 aliphatic rings. The summed E-state index contributed by atoms with van der Waals surface area (Å²) in [5.41, 5.74) is 3.39. The molecule has 1 rings (SSSR count). The standard InChI is InChI=1S/C17H28O/c1-8-13(5)17(6,7)15-12(4)9-10-14(11(2)3)16(15)18/h9-11,13,18H,8H2,1-7H3. The van der Waals surface area contributed by atoms with Crippen LogP contribution < -0.4 is 0 Å². The van der Waals surface area contributed by atoms with Gasteiger partial charge in [-0.25, -0.2) is 0 Å². The molecular formula is C17H28O. The van der Waals surface area contributed by atoms with Crippen LogP contribution in [-0.4, -0.2) is 5.11 Å². The van der Waals surface area contributed by atoms with Crippen molar-refractivity contribution in [2.24, 2.45) is 5.92 Å². The van der Waals surface area contributed by atoms with Crippen LogP contribution in [0.15, 0.2) is 12.1 Å². The second-order valence-corrected chi connectivity index (χ2v) is 6.38. The summed E-state index contributed by atoms with van der Waals surface area (Å²) in [7, 11) is 0. The number of hydrogen-bond acceptors (Lipinski definition) is 1. The molecule has 1 nitrogen and oxygen atoms in total. The summed E-state index contributed by atoms with van der Waals surface area (Å²) in [6.07, 6.45) is 1.12. The van der Waals surface area contributed by atoms with E-state index in [1.54, 1.807) is 0 Å². The van der Waals surface area contributed by atoms with Crippen molar-refractivity contribution in [2.75, 3.05) is 0 Å². The summed E-state index contributed by atoms with van der Waals surface area (Å²) in [5.74, 6) is 1.41. The SMILES string of the molecule is CCC(C)C(C)(C)c1c(C)ccc(C(C)C)c1O. The molecule has 0 saturated carbocycles. The maximum absolute atomic E-state index is 10.6. The first-order valence-electron chi connectivity index (χ1n) is 7.06. The molecule has 102 valence electrons. The molecule has 18 heavy (non-hydrogen) atoms. The fourth-order valence-electron chi connectivity index (χ4n) is 2.74. The Kier molecular flexibility index (Phi) is 4.47. The smallest absolute Gasteiger partial charge is 0.123 e. The van der Waals surface area contributed by atoms with Gasteiger partial charge in [0.05, 0.1) is 0 Å². The molecule has 0 radical (unpaired) electrons. The van der Waals surface area contributed by atoms with E-state index in [1.807, 2.05) is 0 Å². The molecule has 0 heterocycles. The summed E-state index contributed by atoms with van der Waals surface area (Å²) >= 11 is 0. The van der Waals surface area contributed by atoms with Crippen LogP contribution in [0.25, 0.3) is 0 Å². The van der Waals surface area contributed by atoms with E-state index in [0.717, 1.165) is 17.5 Å². The van der Waals surface area contributed by atoms with Gasteiger partial charge in [0.1, 0.15) is 5.75 Å². The molecule has 1 unspecified atom stereocenters. The van der Waals surface area contributed by atoms with Crippen molar-refractivity contribution >= 4 is 0 Å². The third-order valence-corrected chi connectivity index (χ3v) is 4.53. The summed E-state index contributed by atoms with van der Waals surface area (Å²) < 4.78 is 0. The Morgan fingerprint density at radius 1 is 1.17 bits per heavy atom. The zero-order valence-corrected chi connectivity index (χ0v) is 13.0. The molecule has 1 atom stereocenters. The molecule has 0 bridgehead atoms. The van der Waals surface area contributed by atoms with Gasteiger partial charge >= 0.3 is 0 Å². The van der Waals surface area contributed by atoms with Crippen molar-refractivity contribution in [3.8, 4) is 5.75 Å². The Bertz CT molecular complexity index is 416. The molecule has 0 aliphatic carbocycles. The van der Waals surface area contributed by atoms with Gasteiger partial charge in [0, 0.05) is 5.56 Å². The third-order valence-electron chi connectivity index (χ3n) is 4.53. The van der Waals surface area contributed by atoms with Crippen molar-refractivity contribution in [3.05, 3.63) is 28.8 Å².